The molecule has 0 amide bonds. The zero-order chi connectivity index (χ0) is 44.5. The van der Waals surface area contributed by atoms with Crippen LogP contribution < -0.4 is 0 Å². The van der Waals surface area contributed by atoms with E-state index in [9.17, 15) is 0 Å². The Morgan fingerprint density at radius 2 is 0.897 bits per heavy atom. The smallest absolute Gasteiger partial charge is 0.0970 e. The normalized spacial score (nSPS) is 12.6. The van der Waals surface area contributed by atoms with E-state index in [1.807, 2.05) is 86.0 Å². The number of nitrogens with zero attached hydrogens (tertiary/aromatic N) is 8. The molecule has 0 atom stereocenters. The van der Waals surface area contributed by atoms with Gasteiger partial charge in [0.25, 0.3) is 0 Å². The second-order valence-electron chi connectivity index (χ2n) is 17.9. The van der Waals surface area contributed by atoms with Crippen LogP contribution in [0.3, 0.4) is 0 Å². The Hall–Kier alpha value is -9.14. The van der Waals surface area contributed by atoms with Crippen LogP contribution in [-0.2, 0) is 12.8 Å². The van der Waals surface area contributed by atoms with Gasteiger partial charge in [0, 0.05) is 80.3 Å². The number of rotatable bonds is 4. The van der Waals surface area contributed by atoms with Gasteiger partial charge in [-0.3, -0.25) is 29.9 Å². The fourth-order valence-corrected chi connectivity index (χ4v) is 11.4. The minimum atomic E-state index is 0.902. The third-order valence-corrected chi connectivity index (χ3v) is 14.3. The molecule has 0 radical (unpaired) electrons. The van der Waals surface area contributed by atoms with Crippen LogP contribution in [0.4, 0.5) is 0 Å². The Morgan fingerprint density at radius 3 is 1.51 bits per heavy atom. The number of hydrogen-bond donors (Lipinski definition) is 0. The molecule has 14 aromatic rings. The standard InChI is InChI=1S/C60H36N8/c1-7-38-30-47(43-11-5-25-65-58(43)56(38)63-23-1)36-15-20-54-50(27-36)46-18-17-42-45(60(46)68(54)41-10-4-22-62-34-41)16-13-35-29-52-51-28-37(48-31-39-8-2-24-64-57(39)59-44(48)12-6-26-66-59)14-19-53(51)67(55(52)32-49(35)42)40-9-3-21-61-33-40/h1-12,14-15,17-34H,13,16H2. The molecule has 8 nitrogen and oxygen atoms in total. The van der Waals surface area contributed by atoms with E-state index >= 15 is 0 Å². The number of aromatic nitrogens is 8. The molecule has 8 aromatic heterocycles. The highest BCUT2D eigenvalue weighted by atomic mass is 15.0. The van der Waals surface area contributed by atoms with E-state index < -0.39 is 0 Å². The molecular formula is C60H36N8. The molecule has 0 fully saturated rings. The highest BCUT2D eigenvalue weighted by Crippen LogP contribution is 2.47. The molecule has 0 saturated heterocycles. The van der Waals surface area contributed by atoms with Gasteiger partial charge in [0.2, 0.25) is 0 Å². The lowest BCUT2D eigenvalue weighted by molar-refractivity contribution is 0.944. The molecule has 316 valence electrons. The van der Waals surface area contributed by atoms with E-state index in [0.717, 1.165) is 107 Å². The summed E-state index contributed by atoms with van der Waals surface area (Å²) < 4.78 is 4.82. The summed E-state index contributed by atoms with van der Waals surface area (Å²) in [5, 5.41) is 9.18. The molecule has 8 heteroatoms. The SMILES string of the molecule is c1cncc(-n2c3ccc(-c4cc5cccnc5c5ncccc45)cc3c3cc4c(cc32)-c2ccc3c5cc(-c6cc7cccnc7c7ncccc67)ccc5n(-c5cccnc5)c3c2CC4)c1. The van der Waals surface area contributed by atoms with Crippen molar-refractivity contribution in [3.63, 3.8) is 0 Å². The van der Waals surface area contributed by atoms with Gasteiger partial charge in [0.15, 0.2) is 0 Å². The largest absolute Gasteiger partial charge is 0.308 e. The fraction of sp³-hybridized carbons (Fsp3) is 0.0333. The summed E-state index contributed by atoms with van der Waals surface area (Å²) in [6, 6.07) is 52.9. The van der Waals surface area contributed by atoms with Crippen molar-refractivity contribution in [1.82, 2.24) is 39.0 Å². The maximum absolute atomic E-state index is 4.83. The van der Waals surface area contributed by atoms with Crippen molar-refractivity contribution >= 4 is 87.2 Å². The predicted molar refractivity (Wildman–Crippen MR) is 276 cm³/mol. The number of pyridine rings is 6. The Morgan fingerprint density at radius 1 is 0.353 bits per heavy atom. The van der Waals surface area contributed by atoms with E-state index in [0.29, 0.717) is 0 Å². The third-order valence-electron chi connectivity index (χ3n) is 14.3. The van der Waals surface area contributed by atoms with E-state index in [1.54, 1.807) is 0 Å². The number of aryl methyl sites for hydroxylation is 2. The van der Waals surface area contributed by atoms with Crippen LogP contribution in [0.25, 0.3) is 132 Å². The zero-order valence-electron chi connectivity index (χ0n) is 36.5. The monoisotopic (exact) mass is 868 g/mol. The zero-order valence-corrected chi connectivity index (χ0v) is 36.5. The summed E-state index contributed by atoms with van der Waals surface area (Å²) in [4.78, 5) is 28.3. The molecule has 15 rings (SSSR count). The molecule has 0 bridgehead atoms. The third kappa shape index (κ3) is 5.31. The van der Waals surface area contributed by atoms with Crippen molar-refractivity contribution in [3.05, 3.63) is 206 Å². The summed E-state index contributed by atoms with van der Waals surface area (Å²) in [5.74, 6) is 0. The van der Waals surface area contributed by atoms with E-state index in [-0.39, 0.29) is 0 Å². The molecule has 0 N–H and O–H groups in total. The molecule has 68 heavy (non-hydrogen) atoms. The Labute approximate surface area is 388 Å². The first-order chi connectivity index (χ1) is 33.7. The maximum Gasteiger partial charge on any atom is 0.0970 e. The van der Waals surface area contributed by atoms with Crippen LogP contribution in [0.5, 0.6) is 0 Å². The van der Waals surface area contributed by atoms with Crippen LogP contribution in [-0.4, -0.2) is 39.0 Å². The second-order valence-corrected chi connectivity index (χ2v) is 17.9. The number of benzene rings is 6. The minimum absolute atomic E-state index is 0.902. The van der Waals surface area contributed by atoms with Crippen LogP contribution in [0, 0.1) is 0 Å². The lowest BCUT2D eigenvalue weighted by atomic mass is 9.83. The van der Waals surface area contributed by atoms with Crippen LogP contribution >= 0.6 is 0 Å². The molecule has 8 heterocycles. The van der Waals surface area contributed by atoms with Crippen molar-refractivity contribution in [2.24, 2.45) is 0 Å². The minimum Gasteiger partial charge on any atom is -0.308 e. The average molecular weight is 869 g/mol. The second kappa shape index (κ2) is 14.2. The summed E-state index contributed by atoms with van der Waals surface area (Å²) >= 11 is 0. The lowest BCUT2D eigenvalue weighted by Crippen LogP contribution is -2.07. The molecule has 0 spiro atoms. The van der Waals surface area contributed by atoms with Crippen LogP contribution in [0.1, 0.15) is 11.1 Å². The van der Waals surface area contributed by atoms with Crippen molar-refractivity contribution in [3.8, 4) is 44.8 Å². The molecule has 0 aliphatic heterocycles. The predicted octanol–water partition coefficient (Wildman–Crippen LogP) is 14.0. The van der Waals surface area contributed by atoms with Crippen LogP contribution in [0.15, 0.2) is 195 Å². The number of hydrogen-bond acceptors (Lipinski definition) is 6. The van der Waals surface area contributed by atoms with Crippen molar-refractivity contribution in [2.75, 3.05) is 0 Å². The van der Waals surface area contributed by atoms with Gasteiger partial charge in [-0.25, -0.2) is 0 Å². The van der Waals surface area contributed by atoms with Crippen LogP contribution in [0.2, 0.25) is 0 Å². The lowest BCUT2D eigenvalue weighted by Gasteiger charge is -2.23. The van der Waals surface area contributed by atoms with Crippen molar-refractivity contribution in [2.45, 2.75) is 12.8 Å². The van der Waals surface area contributed by atoms with Crippen molar-refractivity contribution < 1.29 is 0 Å². The first-order valence-electron chi connectivity index (χ1n) is 23.0. The van der Waals surface area contributed by atoms with E-state index in [4.69, 9.17) is 19.9 Å². The van der Waals surface area contributed by atoms with Gasteiger partial charge in [-0.2, -0.15) is 0 Å². The van der Waals surface area contributed by atoms with E-state index in [2.05, 4.69) is 128 Å². The van der Waals surface area contributed by atoms with Gasteiger partial charge in [0.1, 0.15) is 0 Å². The Bertz CT molecular complexity index is 4310. The first-order valence-corrected chi connectivity index (χ1v) is 23.0. The summed E-state index contributed by atoms with van der Waals surface area (Å²) in [6.07, 6.45) is 16.9. The summed E-state index contributed by atoms with van der Waals surface area (Å²) in [5.41, 5.74) is 20.2. The molecule has 0 saturated carbocycles. The quantitative estimate of drug-likeness (QED) is 0.164. The topological polar surface area (TPSA) is 87.2 Å². The summed E-state index contributed by atoms with van der Waals surface area (Å²) in [7, 11) is 0. The Balaban J connectivity index is 0.960. The average Bonchev–Trinajstić information content (AvgIpc) is 3.92. The highest BCUT2D eigenvalue weighted by molar-refractivity contribution is 6.17. The van der Waals surface area contributed by atoms with Crippen molar-refractivity contribution in [1.29, 1.82) is 0 Å². The van der Waals surface area contributed by atoms with Gasteiger partial charge in [-0.15, -0.1) is 0 Å². The van der Waals surface area contributed by atoms with E-state index in [1.165, 1.54) is 49.3 Å². The molecule has 1 aliphatic rings. The van der Waals surface area contributed by atoms with Gasteiger partial charge in [-0.1, -0.05) is 48.5 Å². The van der Waals surface area contributed by atoms with Gasteiger partial charge in [0.05, 0.1) is 67.9 Å². The number of fused-ring (bicyclic) bond motifs is 16. The molecule has 0 unspecified atom stereocenters. The highest BCUT2D eigenvalue weighted by Gasteiger charge is 2.26. The summed E-state index contributed by atoms with van der Waals surface area (Å²) in [6.45, 7) is 0. The molecule has 6 aromatic carbocycles. The molecular weight excluding hydrogens is 833 g/mol. The van der Waals surface area contributed by atoms with Gasteiger partial charge < -0.3 is 9.13 Å². The Kier molecular flexibility index (Phi) is 7.74. The van der Waals surface area contributed by atoms with Gasteiger partial charge in [-0.05, 0) is 154 Å². The maximum atomic E-state index is 4.83. The molecule has 1 aliphatic carbocycles. The first kappa shape index (κ1) is 37.1. The van der Waals surface area contributed by atoms with Gasteiger partial charge >= 0.3 is 0 Å². The fourth-order valence-electron chi connectivity index (χ4n) is 11.4.